The third kappa shape index (κ3) is 2.29. The van der Waals surface area contributed by atoms with E-state index in [4.69, 9.17) is 5.26 Å². The Hall–Kier alpha value is -2.93. The van der Waals surface area contributed by atoms with Gasteiger partial charge in [0.15, 0.2) is 0 Å². The molecule has 0 aliphatic rings. The molecule has 0 atom stereocenters. The van der Waals surface area contributed by atoms with Crippen LogP contribution < -0.4 is 5.32 Å². The average Bonchev–Trinajstić information content (AvgIpc) is 2.47. The van der Waals surface area contributed by atoms with Crippen LogP contribution in [0.5, 0.6) is 0 Å². The fourth-order valence-corrected chi connectivity index (χ4v) is 2.14. The van der Waals surface area contributed by atoms with Crippen molar-refractivity contribution in [2.75, 3.05) is 5.32 Å². The summed E-state index contributed by atoms with van der Waals surface area (Å²) in [4.78, 5) is 8.48. The summed E-state index contributed by atoms with van der Waals surface area (Å²) >= 11 is 0. The van der Waals surface area contributed by atoms with E-state index in [0.29, 0.717) is 11.6 Å². The van der Waals surface area contributed by atoms with Crippen LogP contribution in [0.25, 0.3) is 10.8 Å². The van der Waals surface area contributed by atoms with E-state index in [2.05, 4.69) is 27.4 Å². The number of aryl methyl sites for hydroxylation is 1. The van der Waals surface area contributed by atoms with Crippen molar-refractivity contribution in [3.05, 3.63) is 59.9 Å². The highest BCUT2D eigenvalue weighted by Crippen LogP contribution is 2.25. The Kier molecular flexibility index (Phi) is 3.02. The van der Waals surface area contributed by atoms with Crippen molar-refractivity contribution in [2.24, 2.45) is 0 Å². The van der Waals surface area contributed by atoms with E-state index in [1.54, 1.807) is 6.07 Å². The van der Waals surface area contributed by atoms with Crippen LogP contribution in [0.2, 0.25) is 0 Å². The van der Waals surface area contributed by atoms with Gasteiger partial charge < -0.3 is 5.32 Å². The van der Waals surface area contributed by atoms with Crippen molar-refractivity contribution in [1.29, 1.82) is 5.26 Å². The normalized spacial score (nSPS) is 10.2. The van der Waals surface area contributed by atoms with E-state index in [1.165, 1.54) is 0 Å². The predicted octanol–water partition coefficient (Wildman–Crippen LogP) is 3.55. The van der Waals surface area contributed by atoms with Crippen molar-refractivity contribution in [1.82, 2.24) is 9.97 Å². The van der Waals surface area contributed by atoms with Gasteiger partial charge in [-0.25, -0.2) is 9.97 Å². The smallest absolute Gasteiger partial charge is 0.228 e. The van der Waals surface area contributed by atoms with Gasteiger partial charge in [-0.15, -0.1) is 0 Å². The number of hydrogen-bond acceptors (Lipinski definition) is 4. The Bertz CT molecular complexity index is 813. The van der Waals surface area contributed by atoms with Crippen LogP contribution in [0.3, 0.4) is 0 Å². The molecule has 0 unspecified atom stereocenters. The molecule has 0 spiro atoms. The second-order valence-electron chi connectivity index (χ2n) is 4.48. The molecule has 0 saturated carbocycles. The molecule has 1 aromatic heterocycles. The summed E-state index contributed by atoms with van der Waals surface area (Å²) in [6.07, 6.45) is 0. The first-order valence-electron chi connectivity index (χ1n) is 6.27. The van der Waals surface area contributed by atoms with Crippen LogP contribution in [0.1, 0.15) is 11.4 Å². The molecule has 0 saturated heterocycles. The van der Waals surface area contributed by atoms with Crippen LogP contribution in [0, 0.1) is 18.3 Å². The molecule has 3 rings (SSSR count). The summed E-state index contributed by atoms with van der Waals surface area (Å²) in [5.41, 5.74) is 2.05. The lowest BCUT2D eigenvalue weighted by Crippen LogP contribution is -2.00. The number of anilines is 2. The van der Waals surface area contributed by atoms with E-state index in [1.807, 2.05) is 43.3 Å². The zero-order valence-corrected chi connectivity index (χ0v) is 11.0. The van der Waals surface area contributed by atoms with E-state index in [9.17, 15) is 0 Å². The Morgan fingerprint density at radius 1 is 1.05 bits per heavy atom. The number of fused-ring (bicyclic) bond motifs is 1. The number of nitriles is 1. The second-order valence-corrected chi connectivity index (χ2v) is 4.48. The maximum Gasteiger partial charge on any atom is 0.228 e. The van der Waals surface area contributed by atoms with Crippen molar-refractivity contribution in [3.63, 3.8) is 0 Å². The van der Waals surface area contributed by atoms with E-state index >= 15 is 0 Å². The molecule has 0 fully saturated rings. The molecule has 0 radical (unpaired) electrons. The summed E-state index contributed by atoms with van der Waals surface area (Å²) < 4.78 is 0. The second kappa shape index (κ2) is 4.98. The molecular weight excluding hydrogens is 248 g/mol. The van der Waals surface area contributed by atoms with Gasteiger partial charge in [0, 0.05) is 16.8 Å². The van der Waals surface area contributed by atoms with Crippen molar-refractivity contribution >= 4 is 22.4 Å². The number of nitrogens with zero attached hydrogens (tertiary/aromatic N) is 3. The molecule has 0 bridgehead atoms. The Morgan fingerprint density at radius 2 is 1.85 bits per heavy atom. The van der Waals surface area contributed by atoms with Gasteiger partial charge >= 0.3 is 0 Å². The number of benzene rings is 2. The standard InChI is InChI=1S/C16H12N4/c1-11-9-13(10-17)19-16(18-11)20-15-8-4-6-12-5-2-3-7-14(12)15/h2-9H,1H3,(H,18,19,20). The molecule has 96 valence electrons. The first-order valence-corrected chi connectivity index (χ1v) is 6.27. The first-order chi connectivity index (χ1) is 9.76. The minimum Gasteiger partial charge on any atom is -0.324 e. The maximum atomic E-state index is 8.96. The van der Waals surface area contributed by atoms with E-state index < -0.39 is 0 Å². The lowest BCUT2D eigenvalue weighted by molar-refractivity contribution is 1.09. The third-order valence-corrected chi connectivity index (χ3v) is 3.00. The molecule has 0 aliphatic carbocycles. The Labute approximate surface area is 116 Å². The fraction of sp³-hybridized carbons (Fsp3) is 0.0625. The largest absolute Gasteiger partial charge is 0.324 e. The minimum absolute atomic E-state index is 0.361. The van der Waals surface area contributed by atoms with Crippen molar-refractivity contribution < 1.29 is 0 Å². The third-order valence-electron chi connectivity index (χ3n) is 3.00. The maximum absolute atomic E-state index is 8.96. The molecule has 3 aromatic rings. The Morgan fingerprint density at radius 3 is 2.70 bits per heavy atom. The van der Waals surface area contributed by atoms with Crippen LogP contribution in [0.15, 0.2) is 48.5 Å². The van der Waals surface area contributed by atoms with Crippen LogP contribution in [0.4, 0.5) is 11.6 Å². The van der Waals surface area contributed by atoms with Gasteiger partial charge in [0.25, 0.3) is 0 Å². The van der Waals surface area contributed by atoms with Gasteiger partial charge in [-0.1, -0.05) is 36.4 Å². The van der Waals surface area contributed by atoms with Gasteiger partial charge in [-0.05, 0) is 24.4 Å². The zero-order valence-electron chi connectivity index (χ0n) is 11.0. The summed E-state index contributed by atoms with van der Waals surface area (Å²) in [6.45, 7) is 1.84. The quantitative estimate of drug-likeness (QED) is 0.765. The van der Waals surface area contributed by atoms with Gasteiger partial charge in [-0.2, -0.15) is 5.26 Å². The molecule has 20 heavy (non-hydrogen) atoms. The van der Waals surface area contributed by atoms with Crippen LogP contribution in [-0.2, 0) is 0 Å². The number of rotatable bonds is 2. The van der Waals surface area contributed by atoms with Gasteiger partial charge in [0.05, 0.1) is 0 Å². The molecule has 0 aliphatic heterocycles. The predicted molar refractivity (Wildman–Crippen MR) is 78.7 cm³/mol. The number of nitrogens with one attached hydrogen (secondary N) is 1. The van der Waals surface area contributed by atoms with Crippen LogP contribution in [-0.4, -0.2) is 9.97 Å². The van der Waals surface area contributed by atoms with Gasteiger partial charge in [0.2, 0.25) is 5.95 Å². The van der Waals surface area contributed by atoms with Gasteiger partial charge in [0.1, 0.15) is 11.8 Å². The minimum atomic E-state index is 0.361. The summed E-state index contributed by atoms with van der Waals surface area (Å²) in [6, 6.07) is 17.8. The first kappa shape index (κ1) is 12.1. The highest BCUT2D eigenvalue weighted by atomic mass is 15.1. The Balaban J connectivity index is 2.06. The summed E-state index contributed by atoms with van der Waals surface area (Å²) in [7, 11) is 0. The monoisotopic (exact) mass is 260 g/mol. The highest BCUT2D eigenvalue weighted by molar-refractivity contribution is 5.94. The fourth-order valence-electron chi connectivity index (χ4n) is 2.14. The summed E-state index contributed by atoms with van der Waals surface area (Å²) in [5, 5.41) is 14.4. The van der Waals surface area contributed by atoms with E-state index in [-0.39, 0.29) is 0 Å². The van der Waals surface area contributed by atoms with Crippen molar-refractivity contribution in [2.45, 2.75) is 6.92 Å². The zero-order chi connectivity index (χ0) is 13.9. The van der Waals surface area contributed by atoms with Crippen molar-refractivity contribution in [3.8, 4) is 6.07 Å². The molecule has 4 nitrogen and oxygen atoms in total. The summed E-state index contributed by atoms with van der Waals surface area (Å²) in [5.74, 6) is 0.443. The topological polar surface area (TPSA) is 61.6 Å². The molecule has 2 aromatic carbocycles. The lowest BCUT2D eigenvalue weighted by atomic mass is 10.1. The molecule has 1 N–H and O–H groups in total. The lowest BCUT2D eigenvalue weighted by Gasteiger charge is -2.09. The molecule has 1 heterocycles. The number of hydrogen-bond donors (Lipinski definition) is 1. The molecule has 0 amide bonds. The van der Waals surface area contributed by atoms with E-state index in [0.717, 1.165) is 22.2 Å². The SMILES string of the molecule is Cc1cc(C#N)nc(Nc2cccc3ccccc23)n1. The average molecular weight is 260 g/mol. The molecular formula is C16H12N4. The van der Waals surface area contributed by atoms with Crippen LogP contribution >= 0.6 is 0 Å². The number of aromatic nitrogens is 2. The highest BCUT2D eigenvalue weighted by Gasteiger charge is 2.05. The van der Waals surface area contributed by atoms with Gasteiger partial charge in [-0.3, -0.25) is 0 Å². The molecule has 4 heteroatoms.